The van der Waals surface area contributed by atoms with Gasteiger partial charge >= 0.3 is 0 Å². The van der Waals surface area contributed by atoms with Crippen LogP contribution in [0.2, 0.25) is 0 Å². The Hall–Kier alpha value is -0.540. The van der Waals surface area contributed by atoms with Crippen molar-refractivity contribution >= 4 is 11.6 Å². The number of nitrogens with one attached hydrogen (secondary N) is 1. The predicted molar refractivity (Wildman–Crippen MR) is 59.7 cm³/mol. The van der Waals surface area contributed by atoms with Crippen molar-refractivity contribution in [3.8, 4) is 0 Å². The molecule has 0 spiro atoms. The van der Waals surface area contributed by atoms with Gasteiger partial charge in [-0.1, -0.05) is 0 Å². The third-order valence-electron chi connectivity index (χ3n) is 2.18. The topological polar surface area (TPSA) is 29.9 Å². The third kappa shape index (κ3) is 4.11. The zero-order valence-corrected chi connectivity index (χ0v) is 9.43. The molecule has 0 amide bonds. The maximum atomic E-state index is 5.58. The molecule has 14 heavy (non-hydrogen) atoms. The van der Waals surface area contributed by atoms with Crippen molar-refractivity contribution < 1.29 is 0 Å². The number of imidazole rings is 1. The van der Waals surface area contributed by atoms with E-state index in [0.29, 0.717) is 0 Å². The normalized spacial score (nSPS) is 10.7. The summed E-state index contributed by atoms with van der Waals surface area (Å²) in [6, 6.07) is 0. The Morgan fingerprint density at radius 3 is 2.93 bits per heavy atom. The summed E-state index contributed by atoms with van der Waals surface area (Å²) in [5.74, 6) is 1.90. The Kier molecular flexibility index (Phi) is 5.64. The first-order chi connectivity index (χ1) is 6.84. The van der Waals surface area contributed by atoms with Crippen LogP contribution < -0.4 is 5.32 Å². The number of unbranched alkanes of at least 4 members (excludes halogenated alkanes) is 1. The van der Waals surface area contributed by atoms with Crippen molar-refractivity contribution in [1.82, 2.24) is 14.9 Å². The summed E-state index contributed by atoms with van der Waals surface area (Å²) in [6.45, 7) is 2.05. The lowest BCUT2D eigenvalue weighted by Gasteiger charge is -2.03. The number of aromatic nitrogens is 2. The van der Waals surface area contributed by atoms with E-state index in [1.807, 2.05) is 19.4 Å². The molecule has 0 aliphatic carbocycles. The average Bonchev–Trinajstić information content (AvgIpc) is 2.58. The van der Waals surface area contributed by atoms with Gasteiger partial charge in [0.2, 0.25) is 0 Å². The molecule has 0 saturated carbocycles. The van der Waals surface area contributed by atoms with Crippen molar-refractivity contribution in [1.29, 1.82) is 0 Å². The van der Waals surface area contributed by atoms with Crippen LogP contribution in [0.1, 0.15) is 18.7 Å². The van der Waals surface area contributed by atoms with Gasteiger partial charge in [-0.05, 0) is 19.4 Å². The number of aryl methyl sites for hydroxylation is 1. The molecule has 80 valence electrons. The van der Waals surface area contributed by atoms with Gasteiger partial charge in [-0.3, -0.25) is 0 Å². The minimum atomic E-state index is 0.765. The zero-order chi connectivity index (χ0) is 10.2. The second-order valence-electron chi connectivity index (χ2n) is 3.35. The van der Waals surface area contributed by atoms with E-state index in [4.69, 9.17) is 11.6 Å². The maximum Gasteiger partial charge on any atom is 0.109 e. The molecule has 1 aromatic rings. The fraction of sp³-hybridized carbons (Fsp3) is 0.700. The van der Waals surface area contributed by atoms with E-state index in [0.717, 1.165) is 44.1 Å². The van der Waals surface area contributed by atoms with Crippen molar-refractivity contribution in [3.63, 3.8) is 0 Å². The van der Waals surface area contributed by atoms with E-state index in [1.165, 1.54) is 0 Å². The molecule has 0 unspecified atom stereocenters. The first kappa shape index (κ1) is 11.5. The lowest BCUT2D eigenvalue weighted by Crippen LogP contribution is -2.19. The van der Waals surface area contributed by atoms with Crippen LogP contribution in [-0.2, 0) is 13.5 Å². The Morgan fingerprint density at radius 1 is 1.43 bits per heavy atom. The lowest BCUT2D eigenvalue weighted by molar-refractivity contribution is 0.623. The monoisotopic (exact) mass is 215 g/mol. The molecular weight excluding hydrogens is 198 g/mol. The first-order valence-corrected chi connectivity index (χ1v) is 5.61. The molecule has 0 radical (unpaired) electrons. The highest BCUT2D eigenvalue weighted by molar-refractivity contribution is 6.17. The minimum Gasteiger partial charge on any atom is -0.338 e. The summed E-state index contributed by atoms with van der Waals surface area (Å²) < 4.78 is 2.06. The largest absolute Gasteiger partial charge is 0.338 e. The molecule has 0 fully saturated rings. The molecular formula is C10H18ClN3. The third-order valence-corrected chi connectivity index (χ3v) is 2.45. The Bertz CT molecular complexity index is 247. The first-order valence-electron chi connectivity index (χ1n) is 5.07. The molecule has 0 saturated heterocycles. The second kappa shape index (κ2) is 6.85. The van der Waals surface area contributed by atoms with E-state index >= 15 is 0 Å². The van der Waals surface area contributed by atoms with Crippen LogP contribution >= 0.6 is 11.6 Å². The van der Waals surface area contributed by atoms with E-state index in [9.17, 15) is 0 Å². The molecule has 0 atom stereocenters. The van der Waals surface area contributed by atoms with Crippen LogP contribution in [-0.4, -0.2) is 28.5 Å². The van der Waals surface area contributed by atoms with E-state index in [1.54, 1.807) is 0 Å². The highest BCUT2D eigenvalue weighted by atomic mass is 35.5. The lowest BCUT2D eigenvalue weighted by atomic mass is 10.3. The highest BCUT2D eigenvalue weighted by Gasteiger charge is 1.97. The van der Waals surface area contributed by atoms with Gasteiger partial charge in [-0.15, -0.1) is 11.6 Å². The van der Waals surface area contributed by atoms with Crippen LogP contribution in [0.3, 0.4) is 0 Å². The molecule has 1 rings (SSSR count). The number of halogens is 1. The van der Waals surface area contributed by atoms with Gasteiger partial charge in [0.05, 0.1) is 0 Å². The number of alkyl halides is 1. The van der Waals surface area contributed by atoms with Gasteiger partial charge in [0, 0.05) is 38.3 Å². The number of hydrogen-bond donors (Lipinski definition) is 1. The van der Waals surface area contributed by atoms with Gasteiger partial charge in [0.15, 0.2) is 0 Å². The Morgan fingerprint density at radius 2 is 2.29 bits per heavy atom. The fourth-order valence-electron chi connectivity index (χ4n) is 1.31. The van der Waals surface area contributed by atoms with Gasteiger partial charge in [0.1, 0.15) is 5.82 Å². The van der Waals surface area contributed by atoms with Crippen LogP contribution in [0.25, 0.3) is 0 Å². The molecule has 1 heterocycles. The van der Waals surface area contributed by atoms with Crippen LogP contribution in [0.15, 0.2) is 12.4 Å². The van der Waals surface area contributed by atoms with E-state index in [-0.39, 0.29) is 0 Å². The number of nitrogens with zero attached hydrogens (tertiary/aromatic N) is 2. The van der Waals surface area contributed by atoms with Crippen LogP contribution in [0.4, 0.5) is 0 Å². The molecule has 1 N–H and O–H groups in total. The maximum absolute atomic E-state index is 5.58. The van der Waals surface area contributed by atoms with Crippen molar-refractivity contribution in [2.24, 2.45) is 7.05 Å². The summed E-state index contributed by atoms with van der Waals surface area (Å²) in [5.41, 5.74) is 0. The minimum absolute atomic E-state index is 0.765. The molecule has 0 aliphatic rings. The van der Waals surface area contributed by atoms with Gasteiger partial charge < -0.3 is 9.88 Å². The summed E-state index contributed by atoms with van der Waals surface area (Å²) in [5, 5.41) is 3.37. The number of rotatable bonds is 7. The van der Waals surface area contributed by atoms with E-state index in [2.05, 4.69) is 14.9 Å². The quantitative estimate of drug-likeness (QED) is 0.553. The molecule has 4 heteroatoms. The van der Waals surface area contributed by atoms with Crippen molar-refractivity contribution in [2.75, 3.05) is 19.0 Å². The van der Waals surface area contributed by atoms with Crippen molar-refractivity contribution in [3.05, 3.63) is 18.2 Å². The summed E-state index contributed by atoms with van der Waals surface area (Å²) >= 11 is 5.58. The molecule has 0 aromatic carbocycles. The fourth-order valence-corrected chi connectivity index (χ4v) is 1.50. The Labute approximate surface area is 90.5 Å². The average molecular weight is 216 g/mol. The standard InChI is InChI=1S/C10H18ClN3/c1-14-9-8-13-10(14)4-7-12-6-3-2-5-11/h8-9,12H,2-7H2,1H3. The zero-order valence-electron chi connectivity index (χ0n) is 8.67. The predicted octanol–water partition coefficient (Wildman–Crippen LogP) is 1.57. The summed E-state index contributed by atoms with van der Waals surface area (Å²) in [6.07, 6.45) is 7.05. The van der Waals surface area contributed by atoms with Crippen molar-refractivity contribution in [2.45, 2.75) is 19.3 Å². The molecule has 0 aliphatic heterocycles. The molecule has 1 aromatic heterocycles. The molecule has 3 nitrogen and oxygen atoms in total. The van der Waals surface area contributed by atoms with Gasteiger partial charge in [0.25, 0.3) is 0 Å². The SMILES string of the molecule is Cn1ccnc1CCNCCCCCl. The van der Waals surface area contributed by atoms with Crippen LogP contribution in [0, 0.1) is 0 Å². The smallest absolute Gasteiger partial charge is 0.109 e. The van der Waals surface area contributed by atoms with E-state index < -0.39 is 0 Å². The molecule has 0 bridgehead atoms. The Balaban J connectivity index is 2.02. The summed E-state index contributed by atoms with van der Waals surface area (Å²) in [4.78, 5) is 4.25. The van der Waals surface area contributed by atoms with Gasteiger partial charge in [-0.25, -0.2) is 4.98 Å². The summed E-state index contributed by atoms with van der Waals surface area (Å²) in [7, 11) is 2.02. The van der Waals surface area contributed by atoms with Gasteiger partial charge in [-0.2, -0.15) is 0 Å². The highest BCUT2D eigenvalue weighted by Crippen LogP contribution is 1.94. The van der Waals surface area contributed by atoms with Crippen LogP contribution in [0.5, 0.6) is 0 Å². The second-order valence-corrected chi connectivity index (χ2v) is 3.73. The number of hydrogen-bond acceptors (Lipinski definition) is 2.